The lowest BCUT2D eigenvalue weighted by Crippen LogP contribution is -2.40. The van der Waals surface area contributed by atoms with Crippen LogP contribution in [-0.4, -0.2) is 68.1 Å². The summed E-state index contributed by atoms with van der Waals surface area (Å²) < 4.78 is 5.42. The lowest BCUT2D eigenvalue weighted by molar-refractivity contribution is -0.129. The molecule has 24 heavy (non-hydrogen) atoms. The highest BCUT2D eigenvalue weighted by molar-refractivity contribution is 5.99. The molecule has 2 amide bonds. The number of rotatable bonds is 5. The second-order valence-electron chi connectivity index (χ2n) is 6.85. The third-order valence-electron chi connectivity index (χ3n) is 5.05. The van der Waals surface area contributed by atoms with Crippen LogP contribution in [0.25, 0.3) is 0 Å². The summed E-state index contributed by atoms with van der Waals surface area (Å²) in [5, 5.41) is 2.83. The van der Waals surface area contributed by atoms with E-state index in [9.17, 15) is 9.59 Å². The monoisotopic (exact) mass is 331 g/mol. The largest absolute Gasteiger partial charge is 0.380 e. The van der Waals surface area contributed by atoms with Crippen LogP contribution in [0.15, 0.2) is 18.2 Å². The second kappa shape index (κ2) is 6.91. The van der Waals surface area contributed by atoms with E-state index in [0.29, 0.717) is 25.4 Å². The Bertz CT molecular complexity index is 646. The standard InChI is InChI=1S/C18H25N3O3/c1-20-11-15(24-3)9-14(20)10-21(2)18(23)7-12-4-5-13-8-17(22)19-16(13)6-12/h4-6,14-15H,7-11H2,1-3H3,(H,19,22)/t14-,15-/m0/s1. The van der Waals surface area contributed by atoms with Crippen molar-refractivity contribution >= 4 is 17.5 Å². The van der Waals surface area contributed by atoms with Gasteiger partial charge in [0.15, 0.2) is 0 Å². The fourth-order valence-corrected chi connectivity index (χ4v) is 3.51. The molecule has 1 saturated heterocycles. The summed E-state index contributed by atoms with van der Waals surface area (Å²) >= 11 is 0. The van der Waals surface area contributed by atoms with Gasteiger partial charge in [0.25, 0.3) is 0 Å². The van der Waals surface area contributed by atoms with Crippen LogP contribution in [0.3, 0.4) is 0 Å². The number of carbonyl (C=O) groups is 2. The van der Waals surface area contributed by atoms with E-state index in [0.717, 1.165) is 29.8 Å². The van der Waals surface area contributed by atoms with Gasteiger partial charge in [0, 0.05) is 39.0 Å². The van der Waals surface area contributed by atoms with Crippen LogP contribution in [-0.2, 0) is 27.2 Å². The van der Waals surface area contributed by atoms with Gasteiger partial charge in [-0.2, -0.15) is 0 Å². The van der Waals surface area contributed by atoms with Crippen LogP contribution in [0.2, 0.25) is 0 Å². The SMILES string of the molecule is CO[C@H]1C[C@@H](CN(C)C(=O)Cc2ccc3c(c2)NC(=O)C3)N(C)C1. The van der Waals surface area contributed by atoms with E-state index in [1.165, 1.54) is 0 Å². The zero-order valence-electron chi connectivity index (χ0n) is 14.5. The van der Waals surface area contributed by atoms with Gasteiger partial charge in [-0.1, -0.05) is 12.1 Å². The minimum absolute atomic E-state index is 0.0163. The number of hydrogen-bond donors (Lipinski definition) is 1. The van der Waals surface area contributed by atoms with Crippen LogP contribution < -0.4 is 5.32 Å². The summed E-state index contributed by atoms with van der Waals surface area (Å²) in [4.78, 5) is 28.0. The smallest absolute Gasteiger partial charge is 0.228 e. The molecule has 3 rings (SSSR count). The van der Waals surface area contributed by atoms with Crippen molar-refractivity contribution in [2.45, 2.75) is 31.4 Å². The van der Waals surface area contributed by atoms with Crippen molar-refractivity contribution in [2.75, 3.05) is 39.6 Å². The van der Waals surface area contributed by atoms with Crippen molar-refractivity contribution in [1.29, 1.82) is 0 Å². The number of anilines is 1. The van der Waals surface area contributed by atoms with E-state index in [4.69, 9.17) is 4.74 Å². The van der Waals surface area contributed by atoms with Crippen molar-refractivity contribution in [2.24, 2.45) is 0 Å². The van der Waals surface area contributed by atoms with Gasteiger partial charge >= 0.3 is 0 Å². The Hall–Kier alpha value is -1.92. The number of likely N-dealkylation sites (N-methyl/N-ethyl adjacent to an activating group) is 2. The maximum atomic E-state index is 12.5. The zero-order chi connectivity index (χ0) is 17.3. The van der Waals surface area contributed by atoms with Crippen molar-refractivity contribution < 1.29 is 14.3 Å². The Kier molecular flexibility index (Phi) is 4.87. The predicted molar refractivity (Wildman–Crippen MR) is 91.9 cm³/mol. The third-order valence-corrected chi connectivity index (χ3v) is 5.05. The van der Waals surface area contributed by atoms with Crippen LogP contribution in [0.1, 0.15) is 17.5 Å². The van der Waals surface area contributed by atoms with E-state index >= 15 is 0 Å². The molecule has 2 aliphatic rings. The van der Waals surface area contributed by atoms with E-state index in [1.807, 2.05) is 25.2 Å². The van der Waals surface area contributed by atoms with Crippen molar-refractivity contribution in [1.82, 2.24) is 9.80 Å². The van der Waals surface area contributed by atoms with Gasteiger partial charge in [0.2, 0.25) is 11.8 Å². The minimum atomic E-state index is 0.0163. The zero-order valence-corrected chi connectivity index (χ0v) is 14.5. The molecule has 2 atom stereocenters. The molecule has 6 nitrogen and oxygen atoms in total. The van der Waals surface area contributed by atoms with Gasteiger partial charge in [-0.3, -0.25) is 14.5 Å². The van der Waals surface area contributed by atoms with Gasteiger partial charge in [-0.15, -0.1) is 0 Å². The molecular weight excluding hydrogens is 306 g/mol. The number of amides is 2. The molecule has 0 aliphatic carbocycles. The first kappa shape index (κ1) is 16.9. The first-order valence-corrected chi connectivity index (χ1v) is 8.35. The minimum Gasteiger partial charge on any atom is -0.380 e. The maximum absolute atomic E-state index is 12.5. The highest BCUT2D eigenvalue weighted by atomic mass is 16.5. The van der Waals surface area contributed by atoms with Crippen LogP contribution >= 0.6 is 0 Å². The molecule has 1 aromatic carbocycles. The molecule has 1 aromatic rings. The number of likely N-dealkylation sites (tertiary alicyclic amines) is 1. The number of ether oxygens (including phenoxy) is 1. The molecular formula is C18H25N3O3. The van der Waals surface area contributed by atoms with Gasteiger partial charge in [-0.05, 0) is 30.7 Å². The van der Waals surface area contributed by atoms with Gasteiger partial charge in [0.1, 0.15) is 0 Å². The average Bonchev–Trinajstić information content (AvgIpc) is 3.08. The molecule has 0 bridgehead atoms. The molecule has 0 saturated carbocycles. The molecule has 2 heterocycles. The first-order chi connectivity index (χ1) is 11.5. The Morgan fingerprint density at radius 3 is 2.96 bits per heavy atom. The van der Waals surface area contributed by atoms with Gasteiger partial charge in [0.05, 0.1) is 18.9 Å². The molecule has 0 unspecified atom stereocenters. The van der Waals surface area contributed by atoms with Crippen LogP contribution in [0.4, 0.5) is 5.69 Å². The quantitative estimate of drug-likeness (QED) is 0.871. The maximum Gasteiger partial charge on any atom is 0.228 e. The number of hydrogen-bond acceptors (Lipinski definition) is 4. The van der Waals surface area contributed by atoms with E-state index in [1.54, 1.807) is 12.0 Å². The Labute approximate surface area is 142 Å². The predicted octanol–water partition coefficient (Wildman–Crippen LogP) is 0.901. The Balaban J connectivity index is 1.57. The third kappa shape index (κ3) is 3.60. The van der Waals surface area contributed by atoms with Crippen LogP contribution in [0, 0.1) is 0 Å². The van der Waals surface area contributed by atoms with Crippen molar-refractivity contribution in [3.8, 4) is 0 Å². The highest BCUT2D eigenvalue weighted by Crippen LogP contribution is 2.24. The van der Waals surface area contributed by atoms with Crippen LogP contribution in [0.5, 0.6) is 0 Å². The summed E-state index contributed by atoms with van der Waals surface area (Å²) in [6.45, 7) is 1.62. The number of fused-ring (bicyclic) bond motifs is 1. The number of methoxy groups -OCH3 is 1. The molecule has 2 aliphatic heterocycles. The van der Waals surface area contributed by atoms with E-state index in [-0.39, 0.29) is 17.9 Å². The van der Waals surface area contributed by atoms with Gasteiger partial charge in [-0.25, -0.2) is 0 Å². The lowest BCUT2D eigenvalue weighted by atomic mass is 10.1. The van der Waals surface area contributed by atoms with E-state index < -0.39 is 0 Å². The Morgan fingerprint density at radius 2 is 2.25 bits per heavy atom. The molecule has 1 N–H and O–H groups in total. The summed E-state index contributed by atoms with van der Waals surface area (Å²) in [5.74, 6) is 0.108. The summed E-state index contributed by atoms with van der Waals surface area (Å²) in [7, 11) is 5.67. The molecule has 0 radical (unpaired) electrons. The number of nitrogens with one attached hydrogen (secondary N) is 1. The highest BCUT2D eigenvalue weighted by Gasteiger charge is 2.31. The average molecular weight is 331 g/mol. The topological polar surface area (TPSA) is 61.9 Å². The van der Waals surface area contributed by atoms with Crippen molar-refractivity contribution in [3.05, 3.63) is 29.3 Å². The molecule has 0 spiro atoms. The summed E-state index contributed by atoms with van der Waals surface area (Å²) in [5.41, 5.74) is 2.77. The Morgan fingerprint density at radius 1 is 1.46 bits per heavy atom. The number of nitrogens with zero attached hydrogens (tertiary/aromatic N) is 2. The second-order valence-corrected chi connectivity index (χ2v) is 6.85. The molecule has 6 heteroatoms. The first-order valence-electron chi connectivity index (χ1n) is 8.35. The summed E-state index contributed by atoms with van der Waals surface area (Å²) in [6, 6.07) is 6.12. The summed E-state index contributed by atoms with van der Waals surface area (Å²) in [6.07, 6.45) is 1.99. The van der Waals surface area contributed by atoms with Crippen molar-refractivity contribution in [3.63, 3.8) is 0 Å². The molecule has 130 valence electrons. The normalized spacial score (nSPS) is 23.2. The number of benzene rings is 1. The molecule has 0 aromatic heterocycles. The van der Waals surface area contributed by atoms with E-state index in [2.05, 4.69) is 17.3 Å². The van der Waals surface area contributed by atoms with Gasteiger partial charge < -0.3 is 15.0 Å². The fourth-order valence-electron chi connectivity index (χ4n) is 3.51. The fraction of sp³-hybridized carbons (Fsp3) is 0.556. The number of carbonyl (C=O) groups excluding carboxylic acids is 2. The molecule has 1 fully saturated rings. The lowest BCUT2D eigenvalue weighted by Gasteiger charge is -2.25.